The molecule has 1 atom stereocenters. The van der Waals surface area contributed by atoms with Crippen LogP contribution in [0.25, 0.3) is 0 Å². The van der Waals surface area contributed by atoms with Gasteiger partial charge in [-0.15, -0.1) is 0 Å². The summed E-state index contributed by atoms with van der Waals surface area (Å²) in [6, 6.07) is 8.27. The molecule has 0 aromatic heterocycles. The summed E-state index contributed by atoms with van der Waals surface area (Å²) in [6.07, 6.45) is 1.45. The van der Waals surface area contributed by atoms with Crippen molar-refractivity contribution in [2.75, 3.05) is 6.54 Å². The van der Waals surface area contributed by atoms with Crippen molar-refractivity contribution >= 4 is 0 Å². The van der Waals surface area contributed by atoms with Crippen molar-refractivity contribution in [2.45, 2.75) is 46.3 Å². The minimum atomic E-state index is -0.365. The van der Waals surface area contributed by atoms with Gasteiger partial charge >= 0.3 is 0 Å². The summed E-state index contributed by atoms with van der Waals surface area (Å²) in [5.74, 6) is 0.856. The first-order valence-electron chi connectivity index (χ1n) is 6.58. The summed E-state index contributed by atoms with van der Waals surface area (Å²) < 4.78 is 5.80. The van der Waals surface area contributed by atoms with Crippen LogP contribution in [0.15, 0.2) is 18.2 Å². The van der Waals surface area contributed by atoms with Crippen LogP contribution in [-0.4, -0.2) is 12.6 Å². The highest BCUT2D eigenvalue weighted by Crippen LogP contribution is 2.25. The molecule has 0 aliphatic rings. The van der Waals surface area contributed by atoms with E-state index in [-0.39, 0.29) is 6.10 Å². The Morgan fingerprint density at radius 2 is 2.17 bits per heavy atom. The molecule has 0 amide bonds. The topological polar surface area (TPSA) is 45.0 Å². The number of rotatable bonds is 7. The van der Waals surface area contributed by atoms with Gasteiger partial charge in [-0.1, -0.05) is 32.0 Å². The van der Waals surface area contributed by atoms with Gasteiger partial charge in [0.25, 0.3) is 0 Å². The molecule has 1 aromatic rings. The van der Waals surface area contributed by atoms with Crippen molar-refractivity contribution in [1.82, 2.24) is 5.32 Å². The fourth-order valence-electron chi connectivity index (χ4n) is 1.76. The second-order valence-corrected chi connectivity index (χ2v) is 4.38. The molecule has 3 heteroatoms. The van der Waals surface area contributed by atoms with E-state index in [1.807, 2.05) is 26.0 Å². The van der Waals surface area contributed by atoms with E-state index in [1.165, 1.54) is 0 Å². The lowest BCUT2D eigenvalue weighted by Gasteiger charge is -2.17. The predicted molar refractivity (Wildman–Crippen MR) is 73.5 cm³/mol. The Morgan fingerprint density at radius 1 is 1.39 bits per heavy atom. The average Bonchev–Trinajstić information content (AvgIpc) is 2.38. The molecular weight excluding hydrogens is 224 g/mol. The fourth-order valence-corrected chi connectivity index (χ4v) is 1.76. The van der Waals surface area contributed by atoms with Crippen LogP contribution in [0, 0.1) is 18.3 Å². The maximum Gasteiger partial charge on any atom is 0.184 e. The molecular formula is C15H22N2O. The number of aryl methyl sites for hydroxylation is 1. The third kappa shape index (κ3) is 4.05. The maximum absolute atomic E-state index is 8.99. The molecule has 1 unspecified atom stereocenters. The van der Waals surface area contributed by atoms with E-state index in [0.29, 0.717) is 6.42 Å². The van der Waals surface area contributed by atoms with Gasteiger partial charge in [0.05, 0.1) is 0 Å². The van der Waals surface area contributed by atoms with E-state index >= 15 is 0 Å². The minimum Gasteiger partial charge on any atom is -0.475 e. The summed E-state index contributed by atoms with van der Waals surface area (Å²) in [5.41, 5.74) is 2.21. The van der Waals surface area contributed by atoms with Crippen molar-refractivity contribution in [3.8, 4) is 11.8 Å². The summed E-state index contributed by atoms with van der Waals surface area (Å²) in [4.78, 5) is 0. The first kappa shape index (κ1) is 14.5. The molecule has 18 heavy (non-hydrogen) atoms. The zero-order chi connectivity index (χ0) is 13.4. The molecule has 98 valence electrons. The Balaban J connectivity index is 2.83. The normalized spacial score (nSPS) is 11.9. The van der Waals surface area contributed by atoms with E-state index in [1.54, 1.807) is 0 Å². The summed E-state index contributed by atoms with van der Waals surface area (Å²) in [6.45, 7) is 7.89. The Kier molecular flexibility index (Phi) is 6.24. The monoisotopic (exact) mass is 246 g/mol. The van der Waals surface area contributed by atoms with Crippen molar-refractivity contribution in [2.24, 2.45) is 0 Å². The lowest BCUT2D eigenvalue weighted by Crippen LogP contribution is -2.18. The number of benzene rings is 1. The van der Waals surface area contributed by atoms with Gasteiger partial charge in [0.1, 0.15) is 11.8 Å². The van der Waals surface area contributed by atoms with Crippen LogP contribution in [0.5, 0.6) is 5.75 Å². The van der Waals surface area contributed by atoms with Gasteiger partial charge in [-0.25, -0.2) is 0 Å². The van der Waals surface area contributed by atoms with Gasteiger partial charge in [0.2, 0.25) is 0 Å². The summed E-state index contributed by atoms with van der Waals surface area (Å²) in [7, 11) is 0. The van der Waals surface area contributed by atoms with Crippen LogP contribution >= 0.6 is 0 Å². The number of hydrogen-bond acceptors (Lipinski definition) is 3. The van der Waals surface area contributed by atoms with Gasteiger partial charge < -0.3 is 10.1 Å². The first-order chi connectivity index (χ1) is 8.72. The van der Waals surface area contributed by atoms with Gasteiger partial charge in [-0.2, -0.15) is 5.26 Å². The molecule has 0 saturated carbocycles. The first-order valence-corrected chi connectivity index (χ1v) is 6.58. The Bertz CT molecular complexity index is 409. The Hall–Kier alpha value is -1.53. The maximum atomic E-state index is 8.99. The molecule has 1 rings (SSSR count). The lowest BCUT2D eigenvalue weighted by molar-refractivity contribution is 0.247. The number of para-hydroxylation sites is 1. The van der Waals surface area contributed by atoms with Crippen molar-refractivity contribution in [1.29, 1.82) is 5.26 Å². The fraction of sp³-hybridized carbons (Fsp3) is 0.533. The van der Waals surface area contributed by atoms with Crippen LogP contribution in [0.1, 0.15) is 37.8 Å². The van der Waals surface area contributed by atoms with E-state index < -0.39 is 0 Å². The Morgan fingerprint density at radius 3 is 2.78 bits per heavy atom. The molecule has 0 aliphatic heterocycles. The Labute approximate surface area is 110 Å². The molecule has 1 aromatic carbocycles. The smallest absolute Gasteiger partial charge is 0.184 e. The van der Waals surface area contributed by atoms with Crippen molar-refractivity contribution in [3.05, 3.63) is 29.3 Å². The second-order valence-electron chi connectivity index (χ2n) is 4.38. The number of nitrogens with zero attached hydrogens (tertiary/aromatic N) is 1. The van der Waals surface area contributed by atoms with Crippen LogP contribution < -0.4 is 10.1 Å². The molecule has 0 saturated heterocycles. The van der Waals surface area contributed by atoms with Crippen LogP contribution in [0.2, 0.25) is 0 Å². The molecule has 0 radical (unpaired) electrons. The highest BCUT2D eigenvalue weighted by Gasteiger charge is 2.12. The molecule has 0 heterocycles. The van der Waals surface area contributed by atoms with Gasteiger partial charge in [0.15, 0.2) is 6.10 Å². The highest BCUT2D eigenvalue weighted by molar-refractivity contribution is 5.41. The standard InChI is InChI=1S/C15H22N2O/c1-4-9-17-11-13-8-6-7-12(3)15(13)18-14(5-2)10-16/h6-8,14,17H,4-5,9,11H2,1-3H3. The van der Waals surface area contributed by atoms with Crippen LogP contribution in [0.3, 0.4) is 0 Å². The summed E-state index contributed by atoms with van der Waals surface area (Å²) >= 11 is 0. The third-order valence-corrected chi connectivity index (χ3v) is 2.81. The van der Waals surface area contributed by atoms with Gasteiger partial charge in [-0.3, -0.25) is 0 Å². The summed E-state index contributed by atoms with van der Waals surface area (Å²) in [5, 5.41) is 12.4. The second kappa shape index (κ2) is 7.73. The van der Waals surface area contributed by atoms with E-state index in [2.05, 4.69) is 24.4 Å². The quantitative estimate of drug-likeness (QED) is 0.752. The van der Waals surface area contributed by atoms with Crippen molar-refractivity contribution < 1.29 is 4.74 Å². The molecule has 0 fully saturated rings. The average molecular weight is 246 g/mol. The third-order valence-electron chi connectivity index (χ3n) is 2.81. The molecule has 1 N–H and O–H groups in total. The number of ether oxygens (including phenoxy) is 1. The molecule has 0 bridgehead atoms. The number of nitrogens with one attached hydrogen (secondary N) is 1. The largest absolute Gasteiger partial charge is 0.475 e. The van der Waals surface area contributed by atoms with Gasteiger partial charge in [-0.05, 0) is 31.9 Å². The molecule has 3 nitrogen and oxygen atoms in total. The van der Waals surface area contributed by atoms with E-state index in [9.17, 15) is 0 Å². The SMILES string of the molecule is CCCNCc1cccc(C)c1OC(C#N)CC. The predicted octanol–water partition coefficient (Wildman–Crippen LogP) is 3.18. The van der Waals surface area contributed by atoms with E-state index in [4.69, 9.17) is 10.00 Å². The van der Waals surface area contributed by atoms with Crippen LogP contribution in [0.4, 0.5) is 0 Å². The zero-order valence-electron chi connectivity index (χ0n) is 11.5. The van der Waals surface area contributed by atoms with Gasteiger partial charge in [0, 0.05) is 12.1 Å². The zero-order valence-corrected chi connectivity index (χ0v) is 11.5. The molecule has 0 spiro atoms. The van der Waals surface area contributed by atoms with Crippen molar-refractivity contribution in [3.63, 3.8) is 0 Å². The van der Waals surface area contributed by atoms with E-state index in [0.717, 1.165) is 36.4 Å². The highest BCUT2D eigenvalue weighted by atomic mass is 16.5. The minimum absolute atomic E-state index is 0.365. The van der Waals surface area contributed by atoms with Crippen LogP contribution in [-0.2, 0) is 6.54 Å². The lowest BCUT2D eigenvalue weighted by atomic mass is 10.1. The molecule has 0 aliphatic carbocycles. The number of hydrogen-bond donors (Lipinski definition) is 1. The number of nitriles is 1.